The fourth-order valence-electron chi connectivity index (χ4n) is 10.6. The summed E-state index contributed by atoms with van der Waals surface area (Å²) in [5, 5.41) is 5.08. The predicted octanol–water partition coefficient (Wildman–Crippen LogP) is 16.8. The number of anilines is 6. The first-order chi connectivity index (χ1) is 29.8. The van der Waals surface area contributed by atoms with Crippen molar-refractivity contribution in [3.63, 3.8) is 0 Å². The normalized spacial score (nSPS) is 14.5. The Bertz CT molecular complexity index is 3390. The van der Waals surface area contributed by atoms with E-state index in [1.54, 1.807) is 0 Å². The van der Waals surface area contributed by atoms with E-state index in [0.29, 0.717) is 0 Å². The Kier molecular flexibility index (Phi) is 7.83. The third-order valence-electron chi connectivity index (χ3n) is 13.6. The minimum Gasteiger partial charge on any atom is -0.310 e. The van der Waals surface area contributed by atoms with Crippen molar-refractivity contribution >= 4 is 76.4 Å². The molecule has 12 rings (SSSR count). The van der Waals surface area contributed by atoms with Gasteiger partial charge in [-0.05, 0) is 93.4 Å². The summed E-state index contributed by atoms with van der Waals surface area (Å²) in [4.78, 5) is 5.03. The van der Waals surface area contributed by atoms with E-state index >= 15 is 0 Å². The maximum atomic E-state index is 2.57. The van der Waals surface area contributed by atoms with E-state index < -0.39 is 0 Å². The Balaban J connectivity index is 1.10. The second kappa shape index (κ2) is 13.3. The molecule has 0 saturated heterocycles. The molecule has 2 nitrogen and oxygen atoms in total. The van der Waals surface area contributed by atoms with Crippen LogP contribution >= 0.6 is 11.3 Å². The van der Waals surface area contributed by atoms with Gasteiger partial charge < -0.3 is 9.80 Å². The first-order valence-corrected chi connectivity index (χ1v) is 22.2. The summed E-state index contributed by atoms with van der Waals surface area (Å²) < 4.78 is 2.63. The lowest BCUT2D eigenvalue weighted by atomic mass is 9.73. The molecule has 0 unspecified atom stereocenters. The average molecular weight is 801 g/mol. The molecule has 292 valence electrons. The van der Waals surface area contributed by atoms with Crippen molar-refractivity contribution in [2.75, 3.05) is 9.80 Å². The number of hydrogen-bond acceptors (Lipinski definition) is 3. The lowest BCUT2D eigenvalue weighted by Crippen LogP contribution is -2.31. The van der Waals surface area contributed by atoms with Crippen molar-refractivity contribution in [1.82, 2.24) is 0 Å². The first-order valence-electron chi connectivity index (χ1n) is 21.4. The lowest BCUT2D eigenvalue weighted by Gasteiger charge is -2.43. The minimum atomic E-state index is -0.293. The Labute approximate surface area is 361 Å². The lowest BCUT2D eigenvalue weighted by molar-refractivity contribution is 0.632. The van der Waals surface area contributed by atoms with Crippen molar-refractivity contribution < 1.29 is 0 Å². The van der Waals surface area contributed by atoms with Gasteiger partial charge in [-0.2, -0.15) is 0 Å². The van der Waals surface area contributed by atoms with Crippen molar-refractivity contribution in [2.45, 2.75) is 38.5 Å². The minimum absolute atomic E-state index is 0.108. The molecule has 1 aromatic heterocycles. The monoisotopic (exact) mass is 800 g/mol. The molecule has 1 aliphatic carbocycles. The Morgan fingerprint density at radius 3 is 1.84 bits per heavy atom. The van der Waals surface area contributed by atoms with Crippen LogP contribution in [0, 0.1) is 0 Å². The van der Waals surface area contributed by atoms with Gasteiger partial charge >= 0.3 is 0 Å². The SMILES string of the molecule is CC1(C)c2ccccc2-c2ccc(N(c3ccccc3)c3ccc4c(c3)C(C)(C)c3ccccc3N4c3c(-c4cccc5c4sc4ccccc45)ccc4ccccc34)cc21. The van der Waals surface area contributed by atoms with E-state index in [-0.39, 0.29) is 10.8 Å². The summed E-state index contributed by atoms with van der Waals surface area (Å²) in [5.74, 6) is 0. The average Bonchev–Trinajstić information content (AvgIpc) is 3.79. The van der Waals surface area contributed by atoms with Crippen molar-refractivity contribution in [1.29, 1.82) is 0 Å². The molecule has 2 heterocycles. The van der Waals surface area contributed by atoms with Crippen LogP contribution in [0.2, 0.25) is 0 Å². The Morgan fingerprint density at radius 2 is 0.984 bits per heavy atom. The van der Waals surface area contributed by atoms with Crippen LogP contribution in [0.5, 0.6) is 0 Å². The van der Waals surface area contributed by atoms with Gasteiger partial charge in [0.15, 0.2) is 0 Å². The van der Waals surface area contributed by atoms with Crippen LogP contribution in [0.1, 0.15) is 49.9 Å². The summed E-state index contributed by atoms with van der Waals surface area (Å²) in [6.07, 6.45) is 0. The van der Waals surface area contributed by atoms with E-state index in [9.17, 15) is 0 Å². The summed E-state index contributed by atoms with van der Waals surface area (Å²) in [7, 11) is 0. The maximum Gasteiger partial charge on any atom is 0.0619 e. The zero-order valence-electron chi connectivity index (χ0n) is 34.8. The summed E-state index contributed by atoms with van der Waals surface area (Å²) in [5.41, 5.74) is 17.2. The van der Waals surface area contributed by atoms with Crippen LogP contribution < -0.4 is 9.80 Å². The molecule has 0 spiro atoms. The summed E-state index contributed by atoms with van der Waals surface area (Å²) in [6.45, 7) is 9.53. The molecular weight excluding hydrogens is 757 g/mol. The number of fused-ring (bicyclic) bond motifs is 9. The zero-order chi connectivity index (χ0) is 41.0. The van der Waals surface area contributed by atoms with E-state index in [1.165, 1.54) is 92.5 Å². The molecule has 10 aromatic rings. The van der Waals surface area contributed by atoms with E-state index in [4.69, 9.17) is 0 Å². The van der Waals surface area contributed by atoms with Gasteiger partial charge in [0.05, 0.1) is 17.1 Å². The molecule has 61 heavy (non-hydrogen) atoms. The molecule has 0 N–H and O–H groups in total. The third kappa shape index (κ3) is 5.27. The van der Waals surface area contributed by atoms with E-state index in [2.05, 4.69) is 232 Å². The van der Waals surface area contributed by atoms with Gasteiger partial charge in [-0.3, -0.25) is 0 Å². The molecule has 9 aromatic carbocycles. The van der Waals surface area contributed by atoms with E-state index in [1.807, 2.05) is 11.3 Å². The van der Waals surface area contributed by atoms with Crippen molar-refractivity contribution in [3.05, 3.63) is 216 Å². The quantitative estimate of drug-likeness (QED) is 0.171. The van der Waals surface area contributed by atoms with Crippen LogP contribution in [0.3, 0.4) is 0 Å². The van der Waals surface area contributed by atoms with Crippen LogP contribution in [0.15, 0.2) is 194 Å². The highest BCUT2D eigenvalue weighted by Crippen LogP contribution is 2.57. The standard InChI is InChI=1S/C58H44N2S/c1-57(2)48-25-12-10-21-42(48)43-33-30-39(35-50(43)57)59(38-18-6-5-7-19-38)40-31-34-53-51(36-40)58(3,4)49-26-13-14-27-52(49)60(53)55-41-20-9-8-17-37(41)29-32-45(55)47-24-16-23-46-44-22-11-15-28-54(44)61-56(46)47/h5-36H,1-4H3. The van der Waals surface area contributed by atoms with Crippen LogP contribution in [-0.2, 0) is 10.8 Å². The first kappa shape index (κ1) is 36.0. The molecule has 0 fully saturated rings. The van der Waals surface area contributed by atoms with Gasteiger partial charge in [-0.25, -0.2) is 0 Å². The molecular formula is C58H44N2S. The number of benzene rings is 9. The molecule has 1 aliphatic heterocycles. The summed E-state index contributed by atoms with van der Waals surface area (Å²) in [6, 6.07) is 72.3. The van der Waals surface area contributed by atoms with E-state index in [0.717, 1.165) is 17.1 Å². The number of nitrogens with zero attached hydrogens (tertiary/aromatic N) is 2. The maximum absolute atomic E-state index is 2.57. The number of para-hydroxylation sites is 2. The topological polar surface area (TPSA) is 6.48 Å². The van der Waals surface area contributed by atoms with Gasteiger partial charge in [-0.1, -0.05) is 167 Å². The second-order valence-electron chi connectivity index (χ2n) is 17.7. The summed E-state index contributed by atoms with van der Waals surface area (Å²) >= 11 is 1.90. The van der Waals surface area contributed by atoms with Gasteiger partial charge in [0, 0.05) is 64.6 Å². The largest absolute Gasteiger partial charge is 0.310 e. The fourth-order valence-corrected chi connectivity index (χ4v) is 11.8. The molecule has 0 atom stereocenters. The van der Waals surface area contributed by atoms with Gasteiger partial charge in [0.1, 0.15) is 0 Å². The van der Waals surface area contributed by atoms with Crippen molar-refractivity contribution in [3.8, 4) is 22.3 Å². The van der Waals surface area contributed by atoms with Crippen molar-refractivity contribution in [2.24, 2.45) is 0 Å². The molecule has 0 amide bonds. The molecule has 0 saturated carbocycles. The Morgan fingerprint density at radius 1 is 0.393 bits per heavy atom. The van der Waals surface area contributed by atoms with Crippen LogP contribution in [0.25, 0.3) is 53.2 Å². The molecule has 2 aliphatic rings. The number of rotatable bonds is 5. The van der Waals surface area contributed by atoms with Crippen LogP contribution in [0.4, 0.5) is 34.1 Å². The fraction of sp³-hybridized carbons (Fsp3) is 0.103. The van der Waals surface area contributed by atoms with Gasteiger partial charge in [-0.15, -0.1) is 11.3 Å². The molecule has 0 radical (unpaired) electrons. The highest BCUT2D eigenvalue weighted by atomic mass is 32.1. The number of hydrogen-bond donors (Lipinski definition) is 0. The van der Waals surface area contributed by atoms with Gasteiger partial charge in [0.2, 0.25) is 0 Å². The highest BCUT2D eigenvalue weighted by Gasteiger charge is 2.40. The Hall–Kier alpha value is -6.94. The predicted molar refractivity (Wildman–Crippen MR) is 261 cm³/mol. The zero-order valence-corrected chi connectivity index (χ0v) is 35.6. The highest BCUT2D eigenvalue weighted by molar-refractivity contribution is 7.26. The molecule has 0 bridgehead atoms. The smallest absolute Gasteiger partial charge is 0.0619 e. The number of thiophene rings is 1. The van der Waals surface area contributed by atoms with Gasteiger partial charge in [0.25, 0.3) is 0 Å². The third-order valence-corrected chi connectivity index (χ3v) is 14.8. The van der Waals surface area contributed by atoms with Crippen LogP contribution in [-0.4, -0.2) is 0 Å². The molecule has 3 heteroatoms. The second-order valence-corrected chi connectivity index (χ2v) is 18.8.